The molecule has 0 aliphatic heterocycles. The Labute approximate surface area is 210 Å². The predicted molar refractivity (Wildman–Crippen MR) is 145 cm³/mol. The fraction of sp³-hybridized carbons (Fsp3) is 0.781. The van der Waals surface area contributed by atoms with E-state index in [0.29, 0.717) is 0 Å². The van der Waals surface area contributed by atoms with E-state index in [1.54, 1.807) is 0 Å². The molecule has 0 saturated carbocycles. The molecular formula is C32H52O2. The molecule has 3 aliphatic carbocycles. The Hall–Kier alpha value is -1.31. The highest BCUT2D eigenvalue weighted by molar-refractivity contribution is 5.87. The van der Waals surface area contributed by atoms with E-state index in [1.807, 2.05) is 0 Å². The predicted octanol–water partition coefficient (Wildman–Crippen LogP) is 10.2. The van der Waals surface area contributed by atoms with E-state index in [9.17, 15) is 9.90 Å². The number of carboxylic acid groups (broad SMARTS) is 1. The van der Waals surface area contributed by atoms with Crippen molar-refractivity contribution in [1.29, 1.82) is 0 Å². The van der Waals surface area contributed by atoms with Gasteiger partial charge in [-0.1, -0.05) is 95.3 Å². The molecule has 0 aromatic carbocycles. The second-order valence-corrected chi connectivity index (χ2v) is 11.2. The van der Waals surface area contributed by atoms with E-state index in [0.717, 1.165) is 57.8 Å². The molecule has 0 bridgehead atoms. The topological polar surface area (TPSA) is 37.3 Å². The maximum absolute atomic E-state index is 13.7. The lowest BCUT2D eigenvalue weighted by atomic mass is 9.63. The zero-order valence-electron chi connectivity index (χ0n) is 22.1. The lowest BCUT2D eigenvalue weighted by Gasteiger charge is -2.39. The van der Waals surface area contributed by atoms with Gasteiger partial charge in [0.05, 0.1) is 0 Å². The molecule has 2 nitrogen and oxygen atoms in total. The van der Waals surface area contributed by atoms with Gasteiger partial charge >= 0.3 is 5.97 Å². The molecule has 0 aromatic rings. The molecule has 3 aliphatic rings. The molecule has 0 heterocycles. The molecule has 0 unspecified atom stereocenters. The Bertz CT molecular complexity index is 612. The number of carboxylic acids is 1. The van der Waals surface area contributed by atoms with Gasteiger partial charge in [-0.2, -0.15) is 0 Å². The Morgan fingerprint density at radius 3 is 1.03 bits per heavy atom. The van der Waals surface area contributed by atoms with Crippen molar-refractivity contribution in [2.24, 2.45) is 5.41 Å². The van der Waals surface area contributed by atoms with Crippen molar-refractivity contribution in [3.05, 3.63) is 34.9 Å². The van der Waals surface area contributed by atoms with Crippen LogP contribution >= 0.6 is 0 Å². The van der Waals surface area contributed by atoms with Crippen molar-refractivity contribution in [2.45, 2.75) is 154 Å². The summed E-state index contributed by atoms with van der Waals surface area (Å²) in [5.41, 5.74) is 2.85. The average molecular weight is 469 g/mol. The van der Waals surface area contributed by atoms with E-state index >= 15 is 0 Å². The monoisotopic (exact) mass is 468 g/mol. The van der Waals surface area contributed by atoms with Crippen LogP contribution in [-0.2, 0) is 4.79 Å². The molecule has 0 spiro atoms. The zero-order chi connectivity index (χ0) is 23.9. The lowest BCUT2D eigenvalue weighted by Crippen LogP contribution is -2.38. The van der Waals surface area contributed by atoms with Crippen LogP contribution < -0.4 is 0 Å². The Balaban J connectivity index is 2.10. The number of aliphatic carboxylic acids is 1. The van der Waals surface area contributed by atoms with Crippen LogP contribution in [-0.4, -0.2) is 11.1 Å². The summed E-state index contributed by atoms with van der Waals surface area (Å²) in [6, 6.07) is 0. The highest BCUT2D eigenvalue weighted by Crippen LogP contribution is 2.50. The van der Waals surface area contributed by atoms with Gasteiger partial charge in [0, 0.05) is 0 Å². The lowest BCUT2D eigenvalue weighted by molar-refractivity contribution is -0.143. The molecule has 1 N–H and O–H groups in total. The van der Waals surface area contributed by atoms with E-state index in [4.69, 9.17) is 0 Å². The molecule has 0 radical (unpaired) electrons. The Morgan fingerprint density at radius 2 is 0.735 bits per heavy atom. The van der Waals surface area contributed by atoms with Crippen molar-refractivity contribution >= 4 is 5.97 Å². The highest BCUT2D eigenvalue weighted by atomic mass is 16.4. The summed E-state index contributed by atoms with van der Waals surface area (Å²) in [6.45, 7) is 0. The molecule has 192 valence electrons. The van der Waals surface area contributed by atoms with Gasteiger partial charge in [0.1, 0.15) is 5.41 Å². The van der Waals surface area contributed by atoms with Crippen LogP contribution in [0, 0.1) is 5.41 Å². The summed E-state index contributed by atoms with van der Waals surface area (Å²) in [6.07, 6.45) is 35.8. The van der Waals surface area contributed by atoms with Crippen molar-refractivity contribution in [2.75, 3.05) is 0 Å². The van der Waals surface area contributed by atoms with Gasteiger partial charge in [0.25, 0.3) is 0 Å². The fourth-order valence-electron chi connectivity index (χ4n) is 6.69. The Morgan fingerprint density at radius 1 is 0.471 bits per heavy atom. The summed E-state index contributed by atoms with van der Waals surface area (Å²) < 4.78 is 0. The first kappa shape index (κ1) is 27.3. The average Bonchev–Trinajstić information content (AvgIpc) is 2.86. The second kappa shape index (κ2) is 15.6. The number of hydrogen-bond donors (Lipinski definition) is 1. The first-order valence-electron chi connectivity index (χ1n) is 15.1. The summed E-state index contributed by atoms with van der Waals surface area (Å²) in [5, 5.41) is 11.2. The van der Waals surface area contributed by atoms with Gasteiger partial charge < -0.3 is 5.11 Å². The third kappa shape index (κ3) is 7.85. The third-order valence-corrected chi connectivity index (χ3v) is 8.64. The van der Waals surface area contributed by atoms with Crippen LogP contribution in [0.2, 0.25) is 0 Å². The van der Waals surface area contributed by atoms with Crippen molar-refractivity contribution < 1.29 is 9.90 Å². The highest BCUT2D eigenvalue weighted by Gasteiger charge is 2.47. The van der Waals surface area contributed by atoms with Gasteiger partial charge in [0.2, 0.25) is 0 Å². The van der Waals surface area contributed by atoms with E-state index in [1.165, 1.54) is 113 Å². The first-order chi connectivity index (χ1) is 16.8. The van der Waals surface area contributed by atoms with Crippen LogP contribution in [0.15, 0.2) is 34.9 Å². The molecule has 0 atom stereocenters. The van der Waals surface area contributed by atoms with Gasteiger partial charge in [-0.25, -0.2) is 0 Å². The second-order valence-electron chi connectivity index (χ2n) is 11.2. The van der Waals surface area contributed by atoms with Gasteiger partial charge in [-0.3, -0.25) is 4.79 Å². The summed E-state index contributed by atoms with van der Waals surface area (Å²) >= 11 is 0. The van der Waals surface area contributed by atoms with Crippen molar-refractivity contribution in [1.82, 2.24) is 0 Å². The maximum Gasteiger partial charge on any atom is 0.322 e. The normalized spacial score (nSPS) is 28.2. The molecule has 0 aromatic heterocycles. The number of rotatable bonds is 4. The summed E-state index contributed by atoms with van der Waals surface area (Å²) in [4.78, 5) is 13.7. The smallest absolute Gasteiger partial charge is 0.322 e. The molecule has 0 fully saturated rings. The van der Waals surface area contributed by atoms with E-state index in [-0.39, 0.29) is 0 Å². The minimum atomic E-state index is -0.877. The van der Waals surface area contributed by atoms with Crippen molar-refractivity contribution in [3.63, 3.8) is 0 Å². The van der Waals surface area contributed by atoms with Crippen LogP contribution in [0.5, 0.6) is 0 Å². The van der Waals surface area contributed by atoms with Crippen LogP contribution in [0.3, 0.4) is 0 Å². The number of carbonyl (C=O) groups is 1. The quantitative estimate of drug-likeness (QED) is 0.417. The molecule has 2 heteroatoms. The molecule has 0 saturated heterocycles. The minimum Gasteiger partial charge on any atom is -0.480 e. The first-order valence-corrected chi connectivity index (χ1v) is 15.1. The zero-order valence-corrected chi connectivity index (χ0v) is 22.1. The fourth-order valence-corrected chi connectivity index (χ4v) is 6.69. The standard InChI is InChI=1S/C32H52O2/c33-31(34)32(28-22-16-10-4-1-5-11-17-23-28,29-24-18-12-6-2-7-13-19-25-29)30-26-20-14-8-3-9-15-21-27-30/h22,24,26H,1-21,23,25,27H2,(H,33,34)/b28-22+,29-24+,30-26+. The van der Waals surface area contributed by atoms with Gasteiger partial charge in [0.15, 0.2) is 0 Å². The SMILES string of the molecule is O=C(O)C(/C1=C/CCCCCCCC1)(/C1=C/CCCCCCCC1)/C1=C/CCCCCCCC1. The third-order valence-electron chi connectivity index (χ3n) is 8.64. The molecular weight excluding hydrogens is 416 g/mol. The van der Waals surface area contributed by atoms with Crippen LogP contribution in [0.4, 0.5) is 0 Å². The molecule has 3 rings (SSSR count). The van der Waals surface area contributed by atoms with Crippen molar-refractivity contribution in [3.8, 4) is 0 Å². The van der Waals surface area contributed by atoms with Crippen LogP contribution in [0.1, 0.15) is 154 Å². The number of hydrogen-bond acceptors (Lipinski definition) is 1. The minimum absolute atomic E-state index is 0.581. The van der Waals surface area contributed by atoms with Gasteiger partial charge in [-0.05, 0) is 93.8 Å². The van der Waals surface area contributed by atoms with E-state index < -0.39 is 11.4 Å². The molecule has 34 heavy (non-hydrogen) atoms. The Kier molecular flexibility index (Phi) is 12.5. The number of allylic oxidation sites excluding steroid dienone is 3. The van der Waals surface area contributed by atoms with Crippen LogP contribution in [0.25, 0.3) is 0 Å². The largest absolute Gasteiger partial charge is 0.480 e. The summed E-state index contributed by atoms with van der Waals surface area (Å²) in [7, 11) is 0. The maximum atomic E-state index is 13.7. The molecule has 0 amide bonds. The summed E-state index contributed by atoms with van der Waals surface area (Å²) in [5.74, 6) is -0.581. The van der Waals surface area contributed by atoms with Gasteiger partial charge in [-0.15, -0.1) is 0 Å². The van der Waals surface area contributed by atoms with E-state index in [2.05, 4.69) is 18.2 Å².